The second-order valence-corrected chi connectivity index (χ2v) is 8.41. The van der Waals surface area contributed by atoms with Gasteiger partial charge in [0.25, 0.3) is 5.91 Å². The largest absolute Gasteiger partial charge is 0.387 e. The van der Waals surface area contributed by atoms with E-state index in [0.29, 0.717) is 41.5 Å². The molecule has 1 aliphatic rings. The molecular weight excluding hydrogens is 415 g/mol. The molecule has 3 N–H and O–H groups in total. The lowest BCUT2D eigenvalue weighted by Gasteiger charge is -2.26. The van der Waals surface area contributed by atoms with Crippen molar-refractivity contribution >= 4 is 17.2 Å². The summed E-state index contributed by atoms with van der Waals surface area (Å²) in [5.41, 5.74) is 1.31. The Morgan fingerprint density at radius 3 is 2.88 bits per heavy atom. The molecular formula is C22H27FN6O3. The molecule has 32 heavy (non-hydrogen) atoms. The van der Waals surface area contributed by atoms with Crippen molar-refractivity contribution in [3.05, 3.63) is 42.4 Å². The Hall–Kier alpha value is -3.11. The van der Waals surface area contributed by atoms with E-state index >= 15 is 0 Å². The zero-order chi connectivity index (χ0) is 22.7. The van der Waals surface area contributed by atoms with Gasteiger partial charge in [0.1, 0.15) is 11.9 Å². The van der Waals surface area contributed by atoms with Crippen LogP contribution < -0.4 is 10.6 Å². The van der Waals surface area contributed by atoms with Crippen LogP contribution in [0.3, 0.4) is 0 Å². The Morgan fingerprint density at radius 1 is 1.34 bits per heavy atom. The van der Waals surface area contributed by atoms with Crippen LogP contribution in [0.5, 0.6) is 0 Å². The molecule has 4 rings (SSSR count). The zero-order valence-electron chi connectivity index (χ0n) is 18.1. The van der Waals surface area contributed by atoms with Crippen LogP contribution in [0, 0.1) is 0 Å². The summed E-state index contributed by atoms with van der Waals surface area (Å²) in [5.74, 6) is -0.471. The SMILES string of the molecule is CC(C)(O)[C@H](F)CNC(=O)c1cnc(-c2cnc3cccnn23)cc1NC1CCOCC1. The second kappa shape index (κ2) is 9.17. The quantitative estimate of drug-likeness (QED) is 0.514. The summed E-state index contributed by atoms with van der Waals surface area (Å²) in [5, 5.41) is 20.1. The monoisotopic (exact) mass is 442 g/mol. The minimum atomic E-state index is -1.60. The number of pyridine rings is 1. The molecule has 1 amide bonds. The van der Waals surface area contributed by atoms with Gasteiger partial charge < -0.3 is 20.5 Å². The number of aliphatic hydroxyl groups is 1. The normalized spacial score (nSPS) is 16.1. The van der Waals surface area contributed by atoms with Crippen LogP contribution in [0.25, 0.3) is 17.0 Å². The second-order valence-electron chi connectivity index (χ2n) is 8.41. The fourth-order valence-electron chi connectivity index (χ4n) is 3.49. The highest BCUT2D eigenvalue weighted by Gasteiger charge is 2.27. The van der Waals surface area contributed by atoms with Gasteiger partial charge in [0.2, 0.25) is 0 Å². The molecule has 1 atom stereocenters. The Bertz CT molecular complexity index is 1090. The molecule has 10 heteroatoms. The van der Waals surface area contributed by atoms with Crippen molar-refractivity contribution < 1.29 is 19.0 Å². The third-order valence-electron chi connectivity index (χ3n) is 5.48. The third-order valence-corrected chi connectivity index (χ3v) is 5.48. The van der Waals surface area contributed by atoms with Crippen LogP contribution in [-0.4, -0.2) is 68.2 Å². The lowest BCUT2D eigenvalue weighted by molar-refractivity contribution is -0.00177. The molecule has 4 heterocycles. The van der Waals surface area contributed by atoms with Crippen molar-refractivity contribution in [2.45, 2.75) is 44.5 Å². The number of nitrogens with one attached hydrogen (secondary N) is 2. The van der Waals surface area contributed by atoms with E-state index in [-0.39, 0.29) is 12.6 Å². The van der Waals surface area contributed by atoms with Crippen molar-refractivity contribution in [1.82, 2.24) is 24.9 Å². The van der Waals surface area contributed by atoms with Crippen molar-refractivity contribution in [3.8, 4) is 11.4 Å². The molecule has 9 nitrogen and oxygen atoms in total. The molecule has 0 aliphatic carbocycles. The summed E-state index contributed by atoms with van der Waals surface area (Å²) in [7, 11) is 0. The molecule has 0 spiro atoms. The van der Waals surface area contributed by atoms with Gasteiger partial charge in [-0.15, -0.1) is 0 Å². The van der Waals surface area contributed by atoms with Gasteiger partial charge in [0, 0.05) is 31.6 Å². The van der Waals surface area contributed by atoms with E-state index in [1.807, 2.05) is 6.07 Å². The number of halogens is 1. The van der Waals surface area contributed by atoms with E-state index in [1.165, 1.54) is 20.0 Å². The molecule has 1 saturated heterocycles. The van der Waals surface area contributed by atoms with Crippen molar-refractivity contribution in [2.75, 3.05) is 25.1 Å². The van der Waals surface area contributed by atoms with Gasteiger partial charge in [-0.05, 0) is 44.9 Å². The van der Waals surface area contributed by atoms with E-state index in [1.54, 1.807) is 29.0 Å². The van der Waals surface area contributed by atoms with Gasteiger partial charge in [-0.3, -0.25) is 9.78 Å². The Morgan fingerprint density at radius 2 is 2.12 bits per heavy atom. The minimum Gasteiger partial charge on any atom is -0.387 e. The predicted octanol–water partition coefficient (Wildman–Crippen LogP) is 2.22. The smallest absolute Gasteiger partial charge is 0.255 e. The Kier molecular flexibility index (Phi) is 6.33. The number of anilines is 1. The first-order chi connectivity index (χ1) is 15.3. The van der Waals surface area contributed by atoms with E-state index in [2.05, 4.69) is 25.7 Å². The summed E-state index contributed by atoms with van der Waals surface area (Å²) in [6, 6.07) is 5.56. The van der Waals surface area contributed by atoms with Gasteiger partial charge in [-0.25, -0.2) is 13.9 Å². The predicted molar refractivity (Wildman–Crippen MR) is 117 cm³/mol. The third kappa shape index (κ3) is 4.86. The minimum absolute atomic E-state index is 0.135. The van der Waals surface area contributed by atoms with E-state index < -0.39 is 17.7 Å². The molecule has 170 valence electrons. The highest BCUT2D eigenvalue weighted by Crippen LogP contribution is 2.26. The number of hydrogen-bond acceptors (Lipinski definition) is 7. The first kappa shape index (κ1) is 22.1. The molecule has 3 aromatic heterocycles. The van der Waals surface area contributed by atoms with Crippen molar-refractivity contribution in [3.63, 3.8) is 0 Å². The average molecular weight is 442 g/mol. The number of nitrogens with zero attached hydrogens (tertiary/aromatic N) is 4. The van der Waals surface area contributed by atoms with Crippen LogP contribution in [0.1, 0.15) is 37.0 Å². The Labute approximate surface area is 185 Å². The Balaban J connectivity index is 1.63. The average Bonchev–Trinajstić information content (AvgIpc) is 3.21. The molecule has 0 radical (unpaired) electrons. The number of alkyl halides is 1. The maximum atomic E-state index is 14.1. The first-order valence-corrected chi connectivity index (χ1v) is 10.6. The number of rotatable bonds is 7. The molecule has 3 aromatic rings. The first-order valence-electron chi connectivity index (χ1n) is 10.6. The molecule has 1 aliphatic heterocycles. The lowest BCUT2D eigenvalue weighted by atomic mass is 10.0. The number of fused-ring (bicyclic) bond motifs is 1. The maximum absolute atomic E-state index is 14.1. The number of carbonyl (C=O) groups excluding carboxylic acids is 1. The number of ether oxygens (including phenoxy) is 1. The summed E-state index contributed by atoms with van der Waals surface area (Å²) in [6.45, 7) is 3.70. The summed E-state index contributed by atoms with van der Waals surface area (Å²) in [6.07, 6.45) is 4.82. The fourth-order valence-corrected chi connectivity index (χ4v) is 3.49. The number of amides is 1. The lowest BCUT2D eigenvalue weighted by Crippen LogP contribution is -2.42. The zero-order valence-corrected chi connectivity index (χ0v) is 18.1. The number of aromatic nitrogens is 4. The molecule has 0 bridgehead atoms. The van der Waals surface area contributed by atoms with Crippen LogP contribution in [0.2, 0.25) is 0 Å². The number of hydrogen-bond donors (Lipinski definition) is 3. The topological polar surface area (TPSA) is 114 Å². The van der Waals surface area contributed by atoms with Crippen LogP contribution in [-0.2, 0) is 4.74 Å². The standard InChI is InChI=1S/C22H27FN6O3/c1-22(2,31)19(23)13-26-21(30)15-11-24-17(10-16(15)28-14-5-8-32-9-6-14)18-12-25-20-4-3-7-27-29(18)20/h3-4,7,10-12,14,19,31H,5-6,8-9,13H2,1-2H3,(H,24,28)(H,26,30)/t19-/m1/s1. The molecule has 0 unspecified atom stereocenters. The maximum Gasteiger partial charge on any atom is 0.255 e. The van der Waals surface area contributed by atoms with Crippen LogP contribution in [0.4, 0.5) is 10.1 Å². The number of carbonyl (C=O) groups is 1. The van der Waals surface area contributed by atoms with Gasteiger partial charge >= 0.3 is 0 Å². The molecule has 0 saturated carbocycles. The van der Waals surface area contributed by atoms with Gasteiger partial charge in [0.05, 0.1) is 35.3 Å². The summed E-state index contributed by atoms with van der Waals surface area (Å²) < 4.78 is 21.2. The van der Waals surface area contributed by atoms with Crippen molar-refractivity contribution in [2.24, 2.45) is 0 Å². The van der Waals surface area contributed by atoms with E-state index in [0.717, 1.165) is 12.8 Å². The summed E-state index contributed by atoms with van der Waals surface area (Å²) >= 11 is 0. The van der Waals surface area contributed by atoms with Crippen LogP contribution in [0.15, 0.2) is 36.8 Å². The van der Waals surface area contributed by atoms with Crippen molar-refractivity contribution in [1.29, 1.82) is 0 Å². The highest BCUT2D eigenvalue weighted by atomic mass is 19.1. The number of imidazole rings is 1. The molecule has 1 fully saturated rings. The van der Waals surface area contributed by atoms with Gasteiger partial charge in [-0.1, -0.05) is 0 Å². The van der Waals surface area contributed by atoms with Gasteiger partial charge in [0.15, 0.2) is 5.65 Å². The van der Waals surface area contributed by atoms with Gasteiger partial charge in [-0.2, -0.15) is 5.10 Å². The summed E-state index contributed by atoms with van der Waals surface area (Å²) in [4.78, 5) is 21.7. The van der Waals surface area contributed by atoms with Crippen LogP contribution >= 0.6 is 0 Å². The van der Waals surface area contributed by atoms with E-state index in [4.69, 9.17) is 4.74 Å². The van der Waals surface area contributed by atoms with E-state index in [9.17, 15) is 14.3 Å². The molecule has 0 aromatic carbocycles. The highest BCUT2D eigenvalue weighted by molar-refractivity contribution is 6.00. The fraction of sp³-hybridized carbons (Fsp3) is 0.455.